The third-order valence-corrected chi connectivity index (χ3v) is 8.40. The number of carbonyl (C=O) groups is 1. The number of anilines is 1. The van der Waals surface area contributed by atoms with E-state index in [9.17, 15) is 4.79 Å². The molecule has 9 nitrogen and oxygen atoms in total. The van der Waals surface area contributed by atoms with Crippen LogP contribution in [0.25, 0.3) is 0 Å². The zero-order valence-corrected chi connectivity index (χ0v) is 21.2. The number of benzene rings is 1. The van der Waals surface area contributed by atoms with Crippen LogP contribution in [-0.2, 0) is 29.3 Å². The first-order valence-electron chi connectivity index (χ1n) is 12.4. The van der Waals surface area contributed by atoms with Crippen molar-refractivity contribution in [1.82, 2.24) is 4.90 Å². The van der Waals surface area contributed by atoms with Gasteiger partial charge in [-0.2, -0.15) is 0 Å². The highest BCUT2D eigenvalue weighted by molar-refractivity contribution is 5.88. The van der Waals surface area contributed by atoms with Gasteiger partial charge in [0.2, 0.25) is 0 Å². The molecule has 4 aliphatic heterocycles. The number of piperidine rings is 2. The van der Waals surface area contributed by atoms with Crippen molar-refractivity contribution in [3.05, 3.63) is 29.5 Å². The van der Waals surface area contributed by atoms with Crippen LogP contribution in [0.4, 0.5) is 5.69 Å². The van der Waals surface area contributed by atoms with Crippen molar-refractivity contribution < 1.29 is 33.2 Å². The van der Waals surface area contributed by atoms with E-state index in [1.54, 1.807) is 27.6 Å². The monoisotopic (exact) mass is 488 g/mol. The summed E-state index contributed by atoms with van der Waals surface area (Å²) in [4.78, 5) is 15.3. The predicted molar refractivity (Wildman–Crippen MR) is 128 cm³/mol. The molecule has 1 N–H and O–H groups in total. The molecule has 0 saturated carbocycles. The van der Waals surface area contributed by atoms with Crippen LogP contribution in [-0.4, -0.2) is 77.4 Å². The van der Waals surface area contributed by atoms with E-state index in [4.69, 9.17) is 28.4 Å². The number of nitrogens with zero attached hydrogens (tertiary/aromatic N) is 1. The van der Waals surface area contributed by atoms with Crippen LogP contribution < -0.4 is 14.8 Å². The van der Waals surface area contributed by atoms with Crippen molar-refractivity contribution in [2.75, 3.05) is 60.1 Å². The number of fused-ring (bicyclic) bond motifs is 2. The van der Waals surface area contributed by atoms with E-state index < -0.39 is 11.3 Å². The topological polar surface area (TPSA) is 87.7 Å². The Morgan fingerprint density at radius 3 is 2.69 bits per heavy atom. The molecule has 9 heteroatoms. The van der Waals surface area contributed by atoms with Crippen molar-refractivity contribution in [1.29, 1.82) is 0 Å². The molecule has 5 rings (SSSR count). The van der Waals surface area contributed by atoms with Crippen LogP contribution in [0.1, 0.15) is 31.7 Å². The van der Waals surface area contributed by atoms with Crippen molar-refractivity contribution in [3.63, 3.8) is 0 Å². The fourth-order valence-corrected chi connectivity index (χ4v) is 6.94. The molecule has 4 heterocycles. The van der Waals surface area contributed by atoms with Crippen LogP contribution in [0.15, 0.2) is 24.0 Å². The lowest BCUT2D eigenvalue weighted by Crippen LogP contribution is -2.75. The summed E-state index contributed by atoms with van der Waals surface area (Å²) < 4.78 is 35.4. The molecule has 192 valence electrons. The largest absolute Gasteiger partial charge is 0.504 e. The molecule has 3 saturated heterocycles. The molecule has 0 spiro atoms. The van der Waals surface area contributed by atoms with Gasteiger partial charge in [-0.25, -0.2) is 4.79 Å². The van der Waals surface area contributed by atoms with E-state index in [1.807, 2.05) is 12.1 Å². The molecule has 3 fully saturated rings. The van der Waals surface area contributed by atoms with Gasteiger partial charge in [-0.05, 0) is 36.8 Å². The molecule has 0 aliphatic carbocycles. The Balaban J connectivity index is 1.62. The number of hydrogen-bond acceptors (Lipinski definition) is 9. The summed E-state index contributed by atoms with van der Waals surface area (Å²) >= 11 is 0. The van der Waals surface area contributed by atoms with Gasteiger partial charge in [-0.15, -0.1) is 0 Å². The van der Waals surface area contributed by atoms with E-state index >= 15 is 0 Å². The van der Waals surface area contributed by atoms with E-state index in [2.05, 4.69) is 17.1 Å². The fourth-order valence-electron chi connectivity index (χ4n) is 6.94. The number of carbonyl (C=O) groups excluding carboxylic acids is 1. The Morgan fingerprint density at radius 2 is 2.00 bits per heavy atom. The Kier molecular flexibility index (Phi) is 6.35. The van der Waals surface area contributed by atoms with Gasteiger partial charge < -0.3 is 33.7 Å². The average Bonchev–Trinajstić information content (AvgIpc) is 3.21. The van der Waals surface area contributed by atoms with Gasteiger partial charge in [0.25, 0.3) is 0 Å². The number of methoxy groups -OCH3 is 4. The first-order valence-corrected chi connectivity index (χ1v) is 12.4. The Bertz CT molecular complexity index is 1010. The summed E-state index contributed by atoms with van der Waals surface area (Å²) in [5.41, 5.74) is 0.897. The molecule has 35 heavy (non-hydrogen) atoms. The quantitative estimate of drug-likeness (QED) is 0.369. The summed E-state index contributed by atoms with van der Waals surface area (Å²) in [5, 5.41) is 3.74. The number of esters is 1. The summed E-state index contributed by atoms with van der Waals surface area (Å²) in [6.07, 6.45) is 3.95. The lowest BCUT2D eigenvalue weighted by atomic mass is 9.67. The smallest absolute Gasteiger partial charge is 0.337 e. The van der Waals surface area contributed by atoms with Gasteiger partial charge in [0.05, 0.1) is 65.1 Å². The normalized spacial score (nSPS) is 34.0. The number of rotatable bonds is 6. The van der Waals surface area contributed by atoms with Gasteiger partial charge in [0.1, 0.15) is 5.60 Å². The van der Waals surface area contributed by atoms with E-state index in [1.165, 1.54) is 7.11 Å². The SMILES string of the molecule is CC[C@@H]1CN2CC[C@@]34OCCO[C@@]3(Nc3ccc(OC)c(OC)c34)[C@@H]2C[C@@H]1C(=COC)C(=O)OC. The molecule has 1 aromatic rings. The Labute approximate surface area is 206 Å². The molecule has 5 atom stereocenters. The fraction of sp³-hybridized carbons (Fsp3) is 0.654. The van der Waals surface area contributed by atoms with Crippen LogP contribution in [0.5, 0.6) is 11.5 Å². The van der Waals surface area contributed by atoms with E-state index in [-0.39, 0.29) is 17.9 Å². The van der Waals surface area contributed by atoms with Crippen LogP contribution in [0.2, 0.25) is 0 Å². The lowest BCUT2D eigenvalue weighted by Gasteiger charge is -2.61. The van der Waals surface area contributed by atoms with Gasteiger partial charge in [-0.1, -0.05) is 13.3 Å². The standard InChI is InChI=1S/C26H36N2O7/c1-6-16-14-28-10-9-25-22-19(7-8-20(31-3)23(22)32-4)27-26(25,35-12-11-34-25)21(28)13-17(16)18(15-30-2)24(29)33-5/h7-8,15-17,21,27H,6,9-14H2,1-5H3/t16-,17+,21+,25+,26+/m1/s1. The third kappa shape index (κ3) is 3.35. The van der Waals surface area contributed by atoms with Crippen molar-refractivity contribution in [3.8, 4) is 11.5 Å². The zero-order valence-electron chi connectivity index (χ0n) is 21.2. The van der Waals surface area contributed by atoms with Gasteiger partial charge in [0.15, 0.2) is 17.2 Å². The van der Waals surface area contributed by atoms with E-state index in [0.29, 0.717) is 42.6 Å². The molecular weight excluding hydrogens is 452 g/mol. The summed E-state index contributed by atoms with van der Waals surface area (Å²) in [6.45, 7) is 4.85. The van der Waals surface area contributed by atoms with Crippen molar-refractivity contribution >= 4 is 11.7 Å². The number of nitrogens with one attached hydrogen (secondary N) is 1. The maximum absolute atomic E-state index is 12.8. The summed E-state index contributed by atoms with van der Waals surface area (Å²) in [5.74, 6) is 1.24. The second-order valence-corrected chi connectivity index (χ2v) is 9.68. The van der Waals surface area contributed by atoms with Crippen LogP contribution in [0.3, 0.4) is 0 Å². The van der Waals surface area contributed by atoms with Crippen LogP contribution in [0, 0.1) is 11.8 Å². The molecule has 0 amide bonds. The van der Waals surface area contributed by atoms with Crippen molar-refractivity contribution in [2.24, 2.45) is 11.8 Å². The van der Waals surface area contributed by atoms with Crippen molar-refractivity contribution in [2.45, 2.75) is 43.6 Å². The third-order valence-electron chi connectivity index (χ3n) is 8.40. The van der Waals surface area contributed by atoms with Crippen LogP contribution >= 0.6 is 0 Å². The summed E-state index contributed by atoms with van der Waals surface area (Å²) in [6, 6.07) is 3.88. The second-order valence-electron chi connectivity index (χ2n) is 9.68. The zero-order chi connectivity index (χ0) is 24.8. The molecular formula is C26H36N2O7. The first kappa shape index (κ1) is 24.2. The van der Waals surface area contributed by atoms with E-state index in [0.717, 1.165) is 37.2 Å². The average molecular weight is 489 g/mol. The van der Waals surface area contributed by atoms with Gasteiger partial charge in [-0.3, -0.25) is 4.90 Å². The molecule has 0 unspecified atom stereocenters. The molecule has 0 radical (unpaired) electrons. The molecule has 1 aromatic carbocycles. The minimum atomic E-state index is -0.823. The lowest BCUT2D eigenvalue weighted by molar-refractivity contribution is -0.297. The predicted octanol–water partition coefficient (Wildman–Crippen LogP) is 2.89. The highest BCUT2D eigenvalue weighted by Gasteiger charge is 2.70. The molecule has 4 aliphatic rings. The minimum absolute atomic E-state index is 0.0358. The maximum atomic E-state index is 12.8. The first-order chi connectivity index (χ1) is 17.0. The molecule has 0 bridgehead atoms. The highest BCUT2D eigenvalue weighted by Crippen LogP contribution is 2.62. The highest BCUT2D eigenvalue weighted by atomic mass is 16.6. The second kappa shape index (κ2) is 9.19. The van der Waals surface area contributed by atoms with Gasteiger partial charge in [0, 0.05) is 18.8 Å². The minimum Gasteiger partial charge on any atom is -0.504 e. The van der Waals surface area contributed by atoms with Gasteiger partial charge >= 0.3 is 5.97 Å². The Morgan fingerprint density at radius 1 is 1.20 bits per heavy atom. The molecule has 0 aromatic heterocycles. The Hall–Kier alpha value is -2.49. The number of hydrogen-bond donors (Lipinski definition) is 1. The summed E-state index contributed by atoms with van der Waals surface area (Å²) in [7, 11) is 6.29. The maximum Gasteiger partial charge on any atom is 0.337 e. The number of ether oxygens (including phenoxy) is 6.